The van der Waals surface area contributed by atoms with Crippen molar-refractivity contribution in [2.75, 3.05) is 6.61 Å². The highest BCUT2D eigenvalue weighted by molar-refractivity contribution is 5.89. The minimum Gasteiger partial charge on any atom is -0.461 e. The molecule has 0 aliphatic carbocycles. The van der Waals surface area contributed by atoms with Gasteiger partial charge in [0.05, 0.1) is 30.2 Å². The summed E-state index contributed by atoms with van der Waals surface area (Å²) in [5.41, 5.74) is 4.72. The first-order valence-corrected chi connectivity index (χ1v) is 7.66. The van der Waals surface area contributed by atoms with E-state index < -0.39 is 5.97 Å². The molecule has 0 fully saturated rings. The third-order valence-corrected chi connectivity index (χ3v) is 3.84. The minimum absolute atomic E-state index is 0.00413. The number of aromatic nitrogens is 4. The number of rotatable bonds is 4. The van der Waals surface area contributed by atoms with Crippen LogP contribution in [-0.4, -0.2) is 37.5 Å². The van der Waals surface area contributed by atoms with Crippen LogP contribution in [0, 0.1) is 13.8 Å². The van der Waals surface area contributed by atoms with Crippen molar-refractivity contribution in [2.45, 2.75) is 27.4 Å². The van der Waals surface area contributed by atoms with E-state index in [1.54, 1.807) is 18.4 Å². The monoisotopic (exact) mass is 326 g/mol. The van der Waals surface area contributed by atoms with E-state index >= 15 is 0 Å². The van der Waals surface area contributed by atoms with Crippen molar-refractivity contribution >= 4 is 11.6 Å². The number of fused-ring (bicyclic) bond motifs is 1. The van der Waals surface area contributed by atoms with Crippen LogP contribution >= 0.6 is 0 Å². The quantitative estimate of drug-likeness (QED) is 0.738. The molecule has 7 heteroatoms. The molecule has 0 spiro atoms. The van der Waals surface area contributed by atoms with Crippen LogP contribution in [-0.2, 0) is 11.3 Å². The molecule has 0 aliphatic heterocycles. The fraction of sp³-hybridized carbons (Fsp3) is 0.294. The average molecular weight is 326 g/mol. The molecule has 124 valence electrons. The molecular weight excluding hydrogens is 308 g/mol. The molecule has 3 rings (SSSR count). The highest BCUT2D eigenvalue weighted by Gasteiger charge is 2.20. The van der Waals surface area contributed by atoms with Gasteiger partial charge < -0.3 is 9.84 Å². The molecule has 0 aliphatic rings. The van der Waals surface area contributed by atoms with E-state index in [1.807, 2.05) is 31.2 Å². The Labute approximate surface area is 138 Å². The van der Waals surface area contributed by atoms with Crippen LogP contribution in [0.15, 0.2) is 24.3 Å². The van der Waals surface area contributed by atoms with Gasteiger partial charge in [-0.15, -0.1) is 10.2 Å². The molecule has 1 aromatic carbocycles. The second kappa shape index (κ2) is 6.37. The summed E-state index contributed by atoms with van der Waals surface area (Å²) in [6.07, 6.45) is 0. The van der Waals surface area contributed by atoms with E-state index in [1.165, 1.54) is 0 Å². The predicted octanol–water partition coefficient (Wildman–Crippen LogP) is 2.08. The molecule has 0 saturated carbocycles. The highest BCUT2D eigenvalue weighted by atomic mass is 16.5. The number of carbonyl (C=O) groups excluding carboxylic acids is 1. The number of aliphatic hydroxyl groups is 1. The summed E-state index contributed by atoms with van der Waals surface area (Å²) >= 11 is 0. The standard InChI is InChI=1S/C17H18N4O3/c1-4-24-17(23)15-11(3)21-16(19-18-15)14(10(2)20-21)13-7-5-12(9-22)6-8-13/h5-8,22H,4,9H2,1-3H3. The first kappa shape index (κ1) is 16.1. The predicted molar refractivity (Wildman–Crippen MR) is 87.6 cm³/mol. The zero-order chi connectivity index (χ0) is 17.3. The molecule has 0 radical (unpaired) electrons. The Morgan fingerprint density at radius 1 is 1.21 bits per heavy atom. The van der Waals surface area contributed by atoms with Crippen LogP contribution < -0.4 is 0 Å². The van der Waals surface area contributed by atoms with Gasteiger partial charge in [-0.25, -0.2) is 9.31 Å². The number of carbonyl (C=O) groups is 1. The van der Waals surface area contributed by atoms with E-state index in [-0.39, 0.29) is 18.9 Å². The molecule has 2 aromatic heterocycles. The summed E-state index contributed by atoms with van der Waals surface area (Å²) in [5.74, 6) is -0.508. The SMILES string of the molecule is CCOC(=O)c1nnc2c(-c3ccc(CO)cc3)c(C)nn2c1C. The van der Waals surface area contributed by atoms with E-state index in [4.69, 9.17) is 9.84 Å². The normalized spacial score (nSPS) is 11.0. The number of hydrogen-bond acceptors (Lipinski definition) is 6. The molecule has 1 N–H and O–H groups in total. The number of nitrogens with zero attached hydrogens (tertiary/aromatic N) is 4. The summed E-state index contributed by atoms with van der Waals surface area (Å²) in [6, 6.07) is 7.52. The molecule has 3 aromatic rings. The number of benzene rings is 1. The van der Waals surface area contributed by atoms with E-state index in [9.17, 15) is 4.79 Å². The van der Waals surface area contributed by atoms with Crippen molar-refractivity contribution in [3.63, 3.8) is 0 Å². The van der Waals surface area contributed by atoms with Gasteiger partial charge in [0, 0.05) is 0 Å². The van der Waals surface area contributed by atoms with Crippen molar-refractivity contribution in [3.8, 4) is 11.1 Å². The first-order chi connectivity index (χ1) is 11.6. The van der Waals surface area contributed by atoms with Crippen LogP contribution in [0.1, 0.15) is 34.4 Å². The van der Waals surface area contributed by atoms with E-state index in [0.717, 1.165) is 22.4 Å². The zero-order valence-electron chi connectivity index (χ0n) is 13.8. The van der Waals surface area contributed by atoms with Gasteiger partial charge >= 0.3 is 5.97 Å². The van der Waals surface area contributed by atoms with Gasteiger partial charge in [0.25, 0.3) is 0 Å². The van der Waals surface area contributed by atoms with E-state index in [2.05, 4.69) is 15.3 Å². The molecule has 7 nitrogen and oxygen atoms in total. The molecule has 0 bridgehead atoms. The Morgan fingerprint density at radius 3 is 2.54 bits per heavy atom. The Morgan fingerprint density at radius 2 is 1.92 bits per heavy atom. The van der Waals surface area contributed by atoms with Gasteiger partial charge in [0.2, 0.25) is 0 Å². The summed E-state index contributed by atoms with van der Waals surface area (Å²) in [5, 5.41) is 21.9. The molecule has 2 heterocycles. The van der Waals surface area contributed by atoms with Crippen molar-refractivity contribution in [2.24, 2.45) is 0 Å². The van der Waals surface area contributed by atoms with Gasteiger partial charge in [-0.1, -0.05) is 24.3 Å². The molecule has 24 heavy (non-hydrogen) atoms. The molecule has 0 amide bonds. The largest absolute Gasteiger partial charge is 0.461 e. The Kier molecular flexibility index (Phi) is 4.26. The van der Waals surface area contributed by atoms with Crippen molar-refractivity contribution in [3.05, 3.63) is 46.9 Å². The zero-order valence-corrected chi connectivity index (χ0v) is 13.8. The number of aryl methyl sites for hydroxylation is 2. The van der Waals surface area contributed by atoms with Crippen molar-refractivity contribution in [1.82, 2.24) is 19.8 Å². The van der Waals surface area contributed by atoms with Gasteiger partial charge in [0.15, 0.2) is 11.3 Å². The van der Waals surface area contributed by atoms with Crippen LogP contribution in [0.3, 0.4) is 0 Å². The fourth-order valence-corrected chi connectivity index (χ4v) is 2.61. The van der Waals surface area contributed by atoms with Crippen molar-refractivity contribution < 1.29 is 14.6 Å². The highest BCUT2D eigenvalue weighted by Crippen LogP contribution is 2.28. The fourth-order valence-electron chi connectivity index (χ4n) is 2.61. The van der Waals surface area contributed by atoms with Gasteiger partial charge in [-0.2, -0.15) is 5.10 Å². The third kappa shape index (κ3) is 2.63. The topological polar surface area (TPSA) is 89.6 Å². The number of esters is 1. The second-order valence-electron chi connectivity index (χ2n) is 5.41. The average Bonchev–Trinajstić information content (AvgIpc) is 2.92. The van der Waals surface area contributed by atoms with Crippen LogP contribution in [0.5, 0.6) is 0 Å². The summed E-state index contributed by atoms with van der Waals surface area (Å²) in [6.45, 7) is 5.66. The molecule has 0 saturated heterocycles. The summed E-state index contributed by atoms with van der Waals surface area (Å²) in [7, 11) is 0. The maximum atomic E-state index is 12.0. The Balaban J connectivity index is 2.15. The van der Waals surface area contributed by atoms with Crippen molar-refractivity contribution in [1.29, 1.82) is 0 Å². The molecular formula is C17H18N4O3. The van der Waals surface area contributed by atoms with Crippen LogP contribution in [0.4, 0.5) is 0 Å². The van der Waals surface area contributed by atoms with Gasteiger partial charge in [0.1, 0.15) is 0 Å². The third-order valence-electron chi connectivity index (χ3n) is 3.84. The smallest absolute Gasteiger partial charge is 0.360 e. The second-order valence-corrected chi connectivity index (χ2v) is 5.41. The number of hydrogen-bond donors (Lipinski definition) is 1. The lowest BCUT2D eigenvalue weighted by molar-refractivity contribution is 0.0516. The minimum atomic E-state index is -0.508. The van der Waals surface area contributed by atoms with E-state index in [0.29, 0.717) is 11.3 Å². The Bertz CT molecular complexity index is 900. The van der Waals surface area contributed by atoms with Gasteiger partial charge in [-0.05, 0) is 31.9 Å². The molecule has 0 atom stereocenters. The lowest BCUT2D eigenvalue weighted by Crippen LogP contribution is -2.14. The van der Waals surface area contributed by atoms with Gasteiger partial charge in [-0.3, -0.25) is 0 Å². The number of ether oxygens (including phenoxy) is 1. The lowest BCUT2D eigenvalue weighted by Gasteiger charge is -2.06. The maximum absolute atomic E-state index is 12.0. The first-order valence-electron chi connectivity index (χ1n) is 7.66. The molecule has 0 unspecified atom stereocenters. The number of aliphatic hydroxyl groups excluding tert-OH is 1. The maximum Gasteiger partial charge on any atom is 0.360 e. The summed E-state index contributed by atoms with van der Waals surface area (Å²) < 4.78 is 6.61. The Hall–Kier alpha value is -2.80. The van der Waals surface area contributed by atoms with Crippen LogP contribution in [0.25, 0.3) is 16.8 Å². The summed E-state index contributed by atoms with van der Waals surface area (Å²) in [4.78, 5) is 12.0. The lowest BCUT2D eigenvalue weighted by atomic mass is 10.0. The van der Waals surface area contributed by atoms with Crippen LogP contribution in [0.2, 0.25) is 0 Å².